The molecule has 1 heterocycles. The van der Waals surface area contributed by atoms with Crippen LogP contribution in [0.5, 0.6) is 5.75 Å². The van der Waals surface area contributed by atoms with Gasteiger partial charge in [0.2, 0.25) is 0 Å². The molecule has 0 radical (unpaired) electrons. The molecule has 4 heteroatoms. The van der Waals surface area contributed by atoms with Crippen LogP contribution in [0, 0.1) is 6.92 Å². The van der Waals surface area contributed by atoms with Gasteiger partial charge in [0.25, 0.3) is 0 Å². The fourth-order valence-corrected chi connectivity index (χ4v) is 1.69. The van der Waals surface area contributed by atoms with Crippen LogP contribution >= 0.6 is 0 Å². The molecule has 18 heavy (non-hydrogen) atoms. The van der Waals surface area contributed by atoms with Gasteiger partial charge < -0.3 is 9.84 Å². The minimum Gasteiger partial charge on any atom is -0.497 e. The Bertz CT molecular complexity index is 511. The standard InChI is InChI=1S/C14H16N2O2/c1-10-8-15-14(16-9-10)13(17)7-11-4-3-5-12(6-11)18-2/h3-6,8-9,13,17H,7H2,1-2H3. The summed E-state index contributed by atoms with van der Waals surface area (Å²) in [5, 5.41) is 10.1. The summed E-state index contributed by atoms with van der Waals surface area (Å²) in [4.78, 5) is 8.25. The van der Waals surface area contributed by atoms with E-state index >= 15 is 0 Å². The molecule has 1 aromatic heterocycles. The second kappa shape index (κ2) is 5.60. The van der Waals surface area contributed by atoms with Gasteiger partial charge in [0.05, 0.1) is 7.11 Å². The second-order valence-corrected chi connectivity index (χ2v) is 4.19. The number of aryl methyl sites for hydroxylation is 1. The number of hydrogen-bond acceptors (Lipinski definition) is 4. The van der Waals surface area contributed by atoms with Crippen molar-refractivity contribution in [3.05, 3.63) is 53.6 Å². The Morgan fingerprint density at radius 2 is 2.00 bits per heavy atom. The van der Waals surface area contributed by atoms with Crippen molar-refractivity contribution in [2.45, 2.75) is 19.4 Å². The zero-order valence-corrected chi connectivity index (χ0v) is 10.5. The van der Waals surface area contributed by atoms with Gasteiger partial charge in [-0.3, -0.25) is 0 Å². The molecule has 2 aromatic rings. The summed E-state index contributed by atoms with van der Waals surface area (Å²) >= 11 is 0. The molecular formula is C14H16N2O2. The smallest absolute Gasteiger partial charge is 0.157 e. The third-order valence-corrected chi connectivity index (χ3v) is 2.66. The van der Waals surface area contributed by atoms with Crippen molar-refractivity contribution in [3.63, 3.8) is 0 Å². The molecule has 4 nitrogen and oxygen atoms in total. The van der Waals surface area contributed by atoms with Crippen LogP contribution in [0.1, 0.15) is 23.1 Å². The Morgan fingerprint density at radius 3 is 2.67 bits per heavy atom. The predicted molar refractivity (Wildman–Crippen MR) is 68.4 cm³/mol. The predicted octanol–water partition coefficient (Wildman–Crippen LogP) is 2.07. The molecule has 1 atom stereocenters. The molecule has 0 saturated carbocycles. The number of rotatable bonds is 4. The lowest BCUT2D eigenvalue weighted by Gasteiger charge is -2.10. The van der Waals surface area contributed by atoms with Crippen molar-refractivity contribution in [1.29, 1.82) is 0 Å². The molecule has 0 aliphatic heterocycles. The molecule has 0 spiro atoms. The maximum atomic E-state index is 10.1. The van der Waals surface area contributed by atoms with Crippen LogP contribution in [0.15, 0.2) is 36.7 Å². The summed E-state index contributed by atoms with van der Waals surface area (Å²) in [7, 11) is 1.62. The number of nitrogens with zero attached hydrogens (tertiary/aromatic N) is 2. The zero-order valence-electron chi connectivity index (χ0n) is 10.5. The van der Waals surface area contributed by atoms with Crippen molar-refractivity contribution in [1.82, 2.24) is 9.97 Å². The molecule has 1 N–H and O–H groups in total. The number of aliphatic hydroxyl groups excluding tert-OH is 1. The molecule has 0 aliphatic rings. The fourth-order valence-electron chi connectivity index (χ4n) is 1.69. The highest BCUT2D eigenvalue weighted by molar-refractivity contribution is 5.29. The molecule has 1 aromatic carbocycles. The second-order valence-electron chi connectivity index (χ2n) is 4.19. The Labute approximate surface area is 106 Å². The summed E-state index contributed by atoms with van der Waals surface area (Å²) in [5.74, 6) is 1.23. The summed E-state index contributed by atoms with van der Waals surface area (Å²) in [6.45, 7) is 1.91. The third kappa shape index (κ3) is 3.05. The Morgan fingerprint density at radius 1 is 1.28 bits per heavy atom. The van der Waals surface area contributed by atoms with Gasteiger partial charge >= 0.3 is 0 Å². The average Bonchev–Trinajstić information content (AvgIpc) is 2.39. The monoisotopic (exact) mass is 244 g/mol. The van der Waals surface area contributed by atoms with Gasteiger partial charge in [-0.05, 0) is 30.2 Å². The van der Waals surface area contributed by atoms with Crippen LogP contribution in [0.2, 0.25) is 0 Å². The quantitative estimate of drug-likeness (QED) is 0.894. The largest absolute Gasteiger partial charge is 0.497 e. The molecule has 1 unspecified atom stereocenters. The minimum absolute atomic E-state index is 0.448. The van der Waals surface area contributed by atoms with E-state index in [0.717, 1.165) is 16.9 Å². The van der Waals surface area contributed by atoms with Gasteiger partial charge in [0.15, 0.2) is 5.82 Å². The highest BCUT2D eigenvalue weighted by atomic mass is 16.5. The van der Waals surface area contributed by atoms with Crippen LogP contribution < -0.4 is 4.74 Å². The summed E-state index contributed by atoms with van der Waals surface area (Å²) < 4.78 is 5.14. The third-order valence-electron chi connectivity index (χ3n) is 2.66. The Kier molecular flexibility index (Phi) is 3.89. The SMILES string of the molecule is COc1cccc(CC(O)c2ncc(C)cn2)c1. The normalized spacial score (nSPS) is 12.2. The van der Waals surface area contributed by atoms with Gasteiger partial charge in [-0.15, -0.1) is 0 Å². The summed E-state index contributed by atoms with van der Waals surface area (Å²) in [5.41, 5.74) is 1.97. The van der Waals surface area contributed by atoms with Crippen molar-refractivity contribution < 1.29 is 9.84 Å². The number of benzene rings is 1. The first-order chi connectivity index (χ1) is 8.69. The van der Waals surface area contributed by atoms with E-state index < -0.39 is 6.10 Å². The first kappa shape index (κ1) is 12.5. The van der Waals surface area contributed by atoms with Gasteiger partial charge in [0.1, 0.15) is 11.9 Å². The Hall–Kier alpha value is -1.94. The Balaban J connectivity index is 2.10. The summed E-state index contributed by atoms with van der Waals surface area (Å²) in [6.07, 6.45) is 3.19. The lowest BCUT2D eigenvalue weighted by atomic mass is 10.1. The van der Waals surface area contributed by atoms with E-state index in [9.17, 15) is 5.11 Å². The highest BCUT2D eigenvalue weighted by Crippen LogP contribution is 2.18. The van der Waals surface area contributed by atoms with Crippen molar-refractivity contribution >= 4 is 0 Å². The number of ether oxygens (including phenoxy) is 1. The molecule has 0 aliphatic carbocycles. The first-order valence-corrected chi connectivity index (χ1v) is 5.78. The maximum absolute atomic E-state index is 10.1. The van der Waals surface area contributed by atoms with E-state index in [1.54, 1.807) is 19.5 Å². The van der Waals surface area contributed by atoms with Crippen LogP contribution in [-0.4, -0.2) is 22.2 Å². The number of aliphatic hydroxyl groups is 1. The van der Waals surface area contributed by atoms with E-state index in [-0.39, 0.29) is 0 Å². The van der Waals surface area contributed by atoms with Crippen molar-refractivity contribution in [3.8, 4) is 5.75 Å². The van der Waals surface area contributed by atoms with Crippen LogP contribution in [0.25, 0.3) is 0 Å². The molecule has 0 bridgehead atoms. The van der Waals surface area contributed by atoms with Crippen molar-refractivity contribution in [2.75, 3.05) is 7.11 Å². The molecule has 2 rings (SSSR count). The lowest BCUT2D eigenvalue weighted by molar-refractivity contribution is 0.168. The fraction of sp³-hybridized carbons (Fsp3) is 0.286. The van der Waals surface area contributed by atoms with Gasteiger partial charge in [-0.2, -0.15) is 0 Å². The van der Waals surface area contributed by atoms with E-state index in [4.69, 9.17) is 4.74 Å². The summed E-state index contributed by atoms with van der Waals surface area (Å²) in [6, 6.07) is 7.62. The van der Waals surface area contributed by atoms with E-state index in [1.165, 1.54) is 0 Å². The number of hydrogen-bond donors (Lipinski definition) is 1. The van der Waals surface area contributed by atoms with Gasteiger partial charge in [0, 0.05) is 18.8 Å². The molecule has 0 fully saturated rings. The van der Waals surface area contributed by atoms with Crippen LogP contribution in [-0.2, 0) is 6.42 Å². The van der Waals surface area contributed by atoms with E-state index in [2.05, 4.69) is 9.97 Å². The van der Waals surface area contributed by atoms with Crippen LogP contribution in [0.3, 0.4) is 0 Å². The van der Waals surface area contributed by atoms with Crippen LogP contribution in [0.4, 0.5) is 0 Å². The topological polar surface area (TPSA) is 55.2 Å². The number of aromatic nitrogens is 2. The minimum atomic E-state index is -0.697. The molecule has 0 saturated heterocycles. The van der Waals surface area contributed by atoms with E-state index in [1.807, 2.05) is 31.2 Å². The van der Waals surface area contributed by atoms with Crippen molar-refractivity contribution in [2.24, 2.45) is 0 Å². The first-order valence-electron chi connectivity index (χ1n) is 5.78. The zero-order chi connectivity index (χ0) is 13.0. The average molecular weight is 244 g/mol. The number of methoxy groups -OCH3 is 1. The van der Waals surface area contributed by atoms with Gasteiger partial charge in [-0.1, -0.05) is 12.1 Å². The molecule has 94 valence electrons. The molecular weight excluding hydrogens is 228 g/mol. The van der Waals surface area contributed by atoms with Gasteiger partial charge in [-0.25, -0.2) is 9.97 Å². The highest BCUT2D eigenvalue weighted by Gasteiger charge is 2.11. The molecule has 0 amide bonds. The maximum Gasteiger partial charge on any atom is 0.157 e. The lowest BCUT2D eigenvalue weighted by Crippen LogP contribution is -2.06. The van der Waals surface area contributed by atoms with E-state index in [0.29, 0.717) is 12.2 Å².